The van der Waals surface area contributed by atoms with Crippen molar-refractivity contribution < 1.29 is 164 Å². The molecule has 33 nitrogen and oxygen atoms in total. The Labute approximate surface area is 553 Å². The van der Waals surface area contributed by atoms with Crippen molar-refractivity contribution in [3.8, 4) is 0 Å². The highest BCUT2D eigenvalue weighted by atomic mass is 16.8. The Hall–Kier alpha value is -2.03. The SMILES string of the molecule is C[C@@H]1O[C@@H](O[C@@H]2C[C@@H](O)[C@@H](O)O[C@H]2OC(=O)[C@]23CCC(C)(C)C[C@H]2C2=CCC4[C@@]5(C)C[C@H](O)[C@H](O[C@@H]6O[C@H](CO)[C@@H](O)[C@H](O[C@H]7O[C@H](CO)[C@@H](O)[C@H](O)[C@H]7O)[C@H]6O)C(CO)(CO)C5CC[C@@]4(C)[C@]2(C)C[C@H]3O)[C@H](O)[C@H](O)[C@H]1O[C@H]1C[C@H](O)[C@@H](O[C@@H]2O[C@@H](CO)[C@@H](O)[C@H]2O)[C@H](O)O1. The average molecular weight is 1390 g/mol. The van der Waals surface area contributed by atoms with Gasteiger partial charge in [-0.1, -0.05) is 46.3 Å². The predicted molar refractivity (Wildman–Crippen MR) is 314 cm³/mol. The van der Waals surface area contributed by atoms with E-state index in [1.807, 2.05) is 6.92 Å². The van der Waals surface area contributed by atoms with E-state index in [-0.39, 0.29) is 30.6 Å². The summed E-state index contributed by atoms with van der Waals surface area (Å²) in [4.78, 5) is 15.5. The van der Waals surface area contributed by atoms with Crippen LogP contribution in [0.4, 0.5) is 0 Å². The lowest BCUT2D eigenvalue weighted by atomic mass is 9.33. The molecule has 0 spiro atoms. The summed E-state index contributed by atoms with van der Waals surface area (Å²) < 4.78 is 70.2. The maximum Gasteiger partial charge on any atom is 0.317 e. The van der Waals surface area contributed by atoms with Crippen LogP contribution >= 0.6 is 0 Å². The van der Waals surface area contributed by atoms with Gasteiger partial charge < -0.3 is 159 Å². The molecule has 0 radical (unpaired) electrons. The second-order valence-corrected chi connectivity index (χ2v) is 30.5. The van der Waals surface area contributed by atoms with Crippen LogP contribution in [0.5, 0.6) is 0 Å². The highest BCUT2D eigenvalue weighted by Gasteiger charge is 2.74. The van der Waals surface area contributed by atoms with E-state index in [0.717, 1.165) is 5.57 Å². The van der Waals surface area contributed by atoms with Crippen LogP contribution in [0.15, 0.2) is 11.6 Å². The topological polar surface area (TPSA) is 532 Å². The van der Waals surface area contributed by atoms with Crippen molar-refractivity contribution >= 4 is 5.97 Å². The molecule has 11 rings (SSSR count). The molecular weight excluding hydrogens is 1280 g/mol. The number of carbonyl (C=O) groups excluding carboxylic acids is 1. The second kappa shape index (κ2) is 28.2. The third kappa shape index (κ3) is 12.6. The molecule has 0 aromatic carbocycles. The number of rotatable bonds is 17. The number of fused-ring (bicyclic) bond motifs is 7. The van der Waals surface area contributed by atoms with Crippen LogP contribution in [-0.4, -0.2) is 326 Å². The molecular formula is C63H102O33. The maximum atomic E-state index is 15.5. The third-order valence-corrected chi connectivity index (χ3v) is 24.6. The standard InChI is InChI=1S/C63H102O33/c1-23-46(90-36-14-26(69)47(51(83)91-36)92-54-42(78)38(74)31(19-65)88-54)41(77)44(80)53(85-23)86-29-13-27(70)50(82)95-52(29)96-57(84)63-12-11-58(2,3)15-25(63)24-7-8-33-59(4)16-28(71)49(62(21-67,22-68)34(59)9-10-60(33,5)61(24,6)17-35(63)72)94-56-45(81)48(39(75)32(20-66)89-56)93-55-43(79)40(76)37(73)30(18-64)87-55/h7,23,25-56,64-83H,8-22H2,1-6H3/t23-,25-,26-,27+,28-,29+,30+,31-,32+,33?,34?,35+,36+,37+,38+,39+,40-,41-,42+,43+,44+,45+,46-,47+,48-,49-,50-,51+,52-,53-,54-,55+,56-,59+,60+,61+,63+/m0/s1. The highest BCUT2D eigenvalue weighted by molar-refractivity contribution is 5.80. The number of hydrogen-bond acceptors (Lipinski definition) is 33. The molecule has 2 unspecified atom stereocenters. The Balaban J connectivity index is 0.794. The summed E-state index contributed by atoms with van der Waals surface area (Å²) in [6.45, 7) is 7.93. The molecule has 96 heavy (non-hydrogen) atoms. The molecule has 6 heterocycles. The minimum atomic E-state index is -1.99. The van der Waals surface area contributed by atoms with Crippen molar-refractivity contribution in [1.82, 2.24) is 0 Å². The smallest absolute Gasteiger partial charge is 0.317 e. The normalized spacial score (nSPS) is 54.0. The fourth-order valence-corrected chi connectivity index (χ4v) is 19.0. The summed E-state index contributed by atoms with van der Waals surface area (Å²) in [7, 11) is 0. The first kappa shape index (κ1) is 75.1. The van der Waals surface area contributed by atoms with Crippen molar-refractivity contribution in [2.24, 2.45) is 50.2 Å². The molecule has 4 saturated carbocycles. The van der Waals surface area contributed by atoms with Gasteiger partial charge in [-0.2, -0.15) is 0 Å². The van der Waals surface area contributed by atoms with Gasteiger partial charge in [0, 0.05) is 18.3 Å². The molecule has 37 atom stereocenters. The zero-order valence-corrected chi connectivity index (χ0v) is 54.5. The van der Waals surface area contributed by atoms with Gasteiger partial charge in [0.2, 0.25) is 6.29 Å². The van der Waals surface area contributed by atoms with Gasteiger partial charge in [0.05, 0.1) is 63.6 Å². The zero-order valence-electron chi connectivity index (χ0n) is 54.5. The molecule has 0 aromatic rings. The van der Waals surface area contributed by atoms with E-state index in [9.17, 15) is 102 Å². The molecule has 10 fully saturated rings. The van der Waals surface area contributed by atoms with Gasteiger partial charge in [-0.05, 0) is 97.7 Å². The summed E-state index contributed by atoms with van der Waals surface area (Å²) in [6.07, 6.45) is -46.1. The van der Waals surface area contributed by atoms with Crippen molar-refractivity contribution in [3.05, 3.63) is 11.6 Å². The van der Waals surface area contributed by atoms with Crippen molar-refractivity contribution in [1.29, 1.82) is 0 Å². The van der Waals surface area contributed by atoms with Gasteiger partial charge in [0.25, 0.3) is 0 Å². The van der Waals surface area contributed by atoms with E-state index in [4.69, 9.17) is 56.8 Å². The van der Waals surface area contributed by atoms with Gasteiger partial charge in [-0.15, -0.1) is 0 Å². The molecule has 20 N–H and O–H groups in total. The summed E-state index contributed by atoms with van der Waals surface area (Å²) >= 11 is 0. The first-order valence-corrected chi connectivity index (χ1v) is 33.5. The third-order valence-electron chi connectivity index (χ3n) is 24.6. The van der Waals surface area contributed by atoms with Gasteiger partial charge in [-0.3, -0.25) is 4.79 Å². The van der Waals surface area contributed by atoms with E-state index in [0.29, 0.717) is 32.1 Å². The number of ether oxygens (including phenoxy) is 12. The largest absolute Gasteiger partial charge is 0.432 e. The summed E-state index contributed by atoms with van der Waals surface area (Å²) in [5.41, 5.74) is -5.29. The number of esters is 1. The lowest BCUT2D eigenvalue weighted by Gasteiger charge is -2.72. The monoisotopic (exact) mass is 1390 g/mol. The van der Waals surface area contributed by atoms with Crippen LogP contribution in [0.2, 0.25) is 0 Å². The molecule has 6 saturated heterocycles. The minimum absolute atomic E-state index is 0.00790. The molecule has 5 aliphatic carbocycles. The quantitative estimate of drug-likeness (QED) is 0.0366. The molecule has 0 aromatic heterocycles. The summed E-state index contributed by atoms with van der Waals surface area (Å²) in [6, 6.07) is 0. The number of aliphatic hydroxyl groups excluding tert-OH is 20. The van der Waals surface area contributed by atoms with E-state index in [1.165, 1.54) is 6.92 Å². The van der Waals surface area contributed by atoms with Crippen LogP contribution in [0.3, 0.4) is 0 Å². The Morgan fingerprint density at radius 3 is 1.70 bits per heavy atom. The maximum absolute atomic E-state index is 15.5. The molecule has 0 amide bonds. The Kier molecular flexibility index (Phi) is 22.1. The molecule has 11 aliphatic rings. The lowest BCUT2D eigenvalue weighted by Crippen LogP contribution is -2.72. The van der Waals surface area contributed by atoms with Crippen molar-refractivity contribution in [2.45, 2.75) is 290 Å². The highest BCUT2D eigenvalue weighted by Crippen LogP contribution is 2.76. The number of carbonyl (C=O) groups is 1. The van der Waals surface area contributed by atoms with E-state index in [1.54, 1.807) is 0 Å². The number of allylic oxidation sites excluding steroid dienone is 2. The fraction of sp³-hybridized carbons (Fsp3) is 0.952. The first-order valence-electron chi connectivity index (χ1n) is 33.5. The zero-order chi connectivity index (χ0) is 70.0. The Morgan fingerprint density at radius 2 is 1.08 bits per heavy atom. The lowest BCUT2D eigenvalue weighted by molar-refractivity contribution is -0.381. The molecule has 552 valence electrons. The predicted octanol–water partition coefficient (Wildman–Crippen LogP) is -6.86. The summed E-state index contributed by atoms with van der Waals surface area (Å²) in [5.74, 6) is -2.51. The second-order valence-electron chi connectivity index (χ2n) is 30.5. The van der Waals surface area contributed by atoms with Crippen molar-refractivity contribution in [3.63, 3.8) is 0 Å². The van der Waals surface area contributed by atoms with Crippen LogP contribution in [-0.2, 0) is 61.6 Å². The molecule has 6 aliphatic heterocycles. The fourth-order valence-electron chi connectivity index (χ4n) is 19.0. The number of aliphatic hydroxyl groups is 20. The van der Waals surface area contributed by atoms with Gasteiger partial charge in [-0.25, -0.2) is 0 Å². The van der Waals surface area contributed by atoms with Crippen molar-refractivity contribution in [2.75, 3.05) is 33.0 Å². The molecule has 33 heteroatoms. The first-order chi connectivity index (χ1) is 45.1. The minimum Gasteiger partial charge on any atom is -0.432 e. The van der Waals surface area contributed by atoms with Gasteiger partial charge >= 0.3 is 5.97 Å². The Morgan fingerprint density at radius 1 is 0.510 bits per heavy atom. The number of hydrogen-bond donors (Lipinski definition) is 20. The summed E-state index contributed by atoms with van der Waals surface area (Å²) in [5, 5.41) is 221. The van der Waals surface area contributed by atoms with Crippen LogP contribution in [0, 0.1) is 50.2 Å². The van der Waals surface area contributed by atoms with Crippen LogP contribution in [0.25, 0.3) is 0 Å². The molecule has 0 bridgehead atoms. The van der Waals surface area contributed by atoms with E-state index >= 15 is 4.79 Å². The van der Waals surface area contributed by atoms with Crippen LogP contribution in [0.1, 0.15) is 106 Å². The van der Waals surface area contributed by atoms with Crippen LogP contribution < -0.4 is 0 Å². The van der Waals surface area contributed by atoms with E-state index < -0.39 is 275 Å². The Bertz CT molecular complexity index is 2680. The van der Waals surface area contributed by atoms with Gasteiger partial charge in [0.15, 0.2) is 44.0 Å². The van der Waals surface area contributed by atoms with Gasteiger partial charge in [0.1, 0.15) is 109 Å². The average Bonchev–Trinajstić information content (AvgIpc) is 0.681. The van der Waals surface area contributed by atoms with E-state index in [2.05, 4.69) is 33.8 Å².